The quantitative estimate of drug-likeness (QED) is 0.0195. The van der Waals surface area contributed by atoms with Crippen LogP contribution in [0, 0.1) is 0 Å². The van der Waals surface area contributed by atoms with E-state index in [0.29, 0.717) is 12.8 Å². The number of carbonyl (C=O) groups is 2. The Morgan fingerprint density at radius 3 is 1.44 bits per heavy atom. The summed E-state index contributed by atoms with van der Waals surface area (Å²) in [5.41, 5.74) is 0. The number of aliphatic hydroxyl groups excluding tert-OH is 5. The van der Waals surface area contributed by atoms with Crippen molar-refractivity contribution in [2.45, 2.75) is 282 Å². The molecular weight excluding hydrogens is 943 g/mol. The fraction of sp³-hybridized carbons (Fsp3) is 0.719. The maximum absolute atomic E-state index is 13.3. The summed E-state index contributed by atoms with van der Waals surface area (Å²) >= 11 is 0. The van der Waals surface area contributed by atoms with E-state index < -0.39 is 67.4 Å². The summed E-state index contributed by atoms with van der Waals surface area (Å²) in [6.45, 7) is 5.60. The molecule has 1 aliphatic rings. The highest BCUT2D eigenvalue weighted by molar-refractivity contribution is 5.81. The van der Waals surface area contributed by atoms with E-state index in [4.69, 9.17) is 14.2 Å². The summed E-state index contributed by atoms with van der Waals surface area (Å²) in [6.07, 6.45) is 57.5. The molecule has 0 bridgehead atoms. The number of aliphatic hydroxyl groups is 5. The topological polar surface area (TPSA) is 175 Å². The minimum absolute atomic E-state index is 0.0760. The first kappa shape index (κ1) is 69.6. The zero-order chi connectivity index (χ0) is 54.7. The van der Waals surface area contributed by atoms with E-state index in [9.17, 15) is 35.1 Å². The Bertz CT molecular complexity index is 1580. The average Bonchev–Trinajstić information content (AvgIpc) is 3.41. The third-order valence-corrected chi connectivity index (χ3v) is 13.5. The number of ether oxygens (including phenoxy) is 3. The van der Waals surface area contributed by atoms with Crippen molar-refractivity contribution in [3.05, 3.63) is 97.2 Å². The van der Waals surface area contributed by atoms with Crippen molar-refractivity contribution < 1.29 is 49.3 Å². The van der Waals surface area contributed by atoms with Gasteiger partial charge in [-0.2, -0.15) is 0 Å². The zero-order valence-corrected chi connectivity index (χ0v) is 47.4. The molecule has 1 saturated heterocycles. The van der Waals surface area contributed by atoms with Crippen LogP contribution in [0.4, 0.5) is 0 Å². The molecule has 8 atom stereocenters. The first-order chi connectivity index (χ1) is 36.7. The third-order valence-electron chi connectivity index (χ3n) is 13.5. The lowest BCUT2D eigenvalue weighted by molar-refractivity contribution is -0.305. The molecule has 0 aromatic carbocycles. The highest BCUT2D eigenvalue weighted by Gasteiger charge is 2.47. The molecule has 1 fully saturated rings. The molecule has 0 saturated carbocycles. The van der Waals surface area contributed by atoms with Gasteiger partial charge in [-0.3, -0.25) is 9.59 Å². The van der Waals surface area contributed by atoms with Crippen LogP contribution in [0.5, 0.6) is 0 Å². The number of unbranched alkanes of at least 4 members (excludes halogenated alkanes) is 22. The fourth-order valence-corrected chi connectivity index (χ4v) is 8.72. The number of hydrogen-bond acceptors (Lipinski definition) is 10. The number of rotatable bonds is 49. The van der Waals surface area contributed by atoms with Gasteiger partial charge in [-0.15, -0.1) is 0 Å². The number of esters is 1. The van der Waals surface area contributed by atoms with Crippen molar-refractivity contribution in [1.82, 2.24) is 5.32 Å². The zero-order valence-electron chi connectivity index (χ0n) is 47.4. The Hall–Kier alpha value is -3.42. The van der Waals surface area contributed by atoms with Crippen molar-refractivity contribution in [3.8, 4) is 0 Å². The second-order valence-corrected chi connectivity index (χ2v) is 20.4. The van der Waals surface area contributed by atoms with Crippen molar-refractivity contribution in [2.75, 3.05) is 13.2 Å². The number of nitrogens with one attached hydrogen (secondary N) is 1. The van der Waals surface area contributed by atoms with E-state index >= 15 is 0 Å². The van der Waals surface area contributed by atoms with Crippen LogP contribution < -0.4 is 5.32 Å². The standard InChI is InChI=1S/C64H109NO10/c1-4-7-10-13-16-19-22-25-26-27-28-29-30-31-32-34-37-40-43-46-49-52-59(69)75-62-61(71)60(70)58(53-66)74-64(62)73-54-55(56(67)50-47-44-41-38-36-33-23-20-17-14-11-8-5-2)65-63(72)57(68)51-48-45-42-39-35-24-21-18-15-12-9-6-3/h7,10,16,19,25-26,28-29,31-32,35,39,45,47-48,50,55-58,60-62,64,66-68,70-71H,4-6,8-9,11-15,17-18,20-24,27,30,33-34,36-38,40-44,46,49,51-54H2,1-3H3,(H,65,72)/b10-7-,19-16-,26-25-,29-28-,32-31-,39-35-,48-45+,50-47+. The molecule has 8 unspecified atom stereocenters. The Balaban J connectivity index is 2.73. The van der Waals surface area contributed by atoms with Crippen molar-refractivity contribution >= 4 is 11.9 Å². The summed E-state index contributed by atoms with van der Waals surface area (Å²) in [5.74, 6) is -1.29. The summed E-state index contributed by atoms with van der Waals surface area (Å²) < 4.78 is 17.5. The van der Waals surface area contributed by atoms with Crippen molar-refractivity contribution in [3.63, 3.8) is 0 Å². The predicted molar refractivity (Wildman–Crippen MR) is 310 cm³/mol. The largest absolute Gasteiger partial charge is 0.454 e. The molecule has 0 aromatic rings. The smallest absolute Gasteiger partial charge is 0.306 e. The monoisotopic (exact) mass is 1050 g/mol. The van der Waals surface area contributed by atoms with Gasteiger partial charge in [0.15, 0.2) is 12.4 Å². The van der Waals surface area contributed by atoms with Gasteiger partial charge in [0.2, 0.25) is 5.91 Å². The van der Waals surface area contributed by atoms with E-state index in [1.807, 2.05) is 12.2 Å². The highest BCUT2D eigenvalue weighted by atomic mass is 16.7. The van der Waals surface area contributed by atoms with E-state index in [1.165, 1.54) is 89.9 Å². The van der Waals surface area contributed by atoms with Gasteiger partial charge in [0.05, 0.1) is 25.4 Å². The number of carbonyl (C=O) groups excluding carboxylic acids is 2. The highest BCUT2D eigenvalue weighted by Crippen LogP contribution is 2.26. The van der Waals surface area contributed by atoms with Crippen LogP contribution in [-0.4, -0.2) is 99.6 Å². The molecule has 1 amide bonds. The molecule has 75 heavy (non-hydrogen) atoms. The fourth-order valence-electron chi connectivity index (χ4n) is 8.72. The Labute approximate surface area is 456 Å². The number of hydrogen-bond donors (Lipinski definition) is 6. The van der Waals surface area contributed by atoms with E-state index in [-0.39, 0.29) is 19.4 Å². The van der Waals surface area contributed by atoms with Crippen LogP contribution in [0.15, 0.2) is 97.2 Å². The molecule has 0 aromatic heterocycles. The molecule has 0 aliphatic carbocycles. The van der Waals surface area contributed by atoms with Crippen LogP contribution in [0.2, 0.25) is 0 Å². The molecular formula is C64H109NO10. The summed E-state index contributed by atoms with van der Waals surface area (Å²) in [7, 11) is 0. The maximum atomic E-state index is 13.3. The van der Waals surface area contributed by atoms with Crippen LogP contribution in [0.3, 0.4) is 0 Å². The molecule has 1 rings (SSSR count). The van der Waals surface area contributed by atoms with Crippen LogP contribution in [0.1, 0.15) is 233 Å². The summed E-state index contributed by atoms with van der Waals surface area (Å²) in [6, 6.07) is -1.06. The molecule has 1 heterocycles. The lowest BCUT2D eigenvalue weighted by atomic mass is 9.99. The Kier molecular flexibility index (Phi) is 47.6. The van der Waals surface area contributed by atoms with Gasteiger partial charge in [-0.1, -0.05) is 234 Å². The lowest BCUT2D eigenvalue weighted by Crippen LogP contribution is -2.61. The Morgan fingerprint density at radius 2 is 0.960 bits per heavy atom. The van der Waals surface area contributed by atoms with E-state index in [0.717, 1.165) is 96.3 Å². The van der Waals surface area contributed by atoms with Gasteiger partial charge >= 0.3 is 5.97 Å². The molecule has 11 nitrogen and oxygen atoms in total. The second kappa shape index (κ2) is 51.3. The van der Waals surface area contributed by atoms with Gasteiger partial charge in [0.1, 0.15) is 24.4 Å². The van der Waals surface area contributed by atoms with Crippen LogP contribution in [0.25, 0.3) is 0 Å². The molecule has 1 aliphatic heterocycles. The van der Waals surface area contributed by atoms with Crippen molar-refractivity contribution in [2.24, 2.45) is 0 Å². The first-order valence-corrected chi connectivity index (χ1v) is 30.0. The number of amides is 1. The molecule has 6 N–H and O–H groups in total. The number of allylic oxidation sites excluding steroid dienone is 14. The van der Waals surface area contributed by atoms with Crippen molar-refractivity contribution in [1.29, 1.82) is 0 Å². The lowest BCUT2D eigenvalue weighted by Gasteiger charge is -2.41. The van der Waals surface area contributed by atoms with Gasteiger partial charge in [0, 0.05) is 12.8 Å². The van der Waals surface area contributed by atoms with Gasteiger partial charge in [0.25, 0.3) is 0 Å². The van der Waals surface area contributed by atoms with E-state index in [2.05, 4.69) is 99.0 Å². The van der Waals surface area contributed by atoms with E-state index in [1.54, 1.807) is 12.2 Å². The SMILES string of the molecule is CC/C=C\C/C=C\C/C=C\C/C=C\C/C=C\CCCCCCCC(=O)OC1C(OCC(NC(=O)C(O)C/C=C/C/C=C\CCCCCCCC)C(O)/C=C/CCCCCCCCCCCCC)OC(CO)C(O)C1O. The first-order valence-electron chi connectivity index (χ1n) is 30.0. The molecule has 0 spiro atoms. The van der Waals surface area contributed by atoms with Gasteiger partial charge < -0.3 is 45.1 Å². The predicted octanol–water partition coefficient (Wildman–Crippen LogP) is 13.9. The van der Waals surface area contributed by atoms with Gasteiger partial charge in [-0.25, -0.2) is 0 Å². The minimum Gasteiger partial charge on any atom is -0.454 e. The minimum atomic E-state index is -1.64. The molecule has 11 heteroatoms. The maximum Gasteiger partial charge on any atom is 0.306 e. The van der Waals surface area contributed by atoms with Crippen LogP contribution >= 0.6 is 0 Å². The Morgan fingerprint density at radius 1 is 0.533 bits per heavy atom. The molecule has 0 radical (unpaired) electrons. The third kappa shape index (κ3) is 39.6. The summed E-state index contributed by atoms with van der Waals surface area (Å²) in [5, 5.41) is 56.8. The van der Waals surface area contributed by atoms with Crippen LogP contribution in [-0.2, 0) is 23.8 Å². The van der Waals surface area contributed by atoms with Gasteiger partial charge in [-0.05, 0) is 83.5 Å². The summed E-state index contributed by atoms with van der Waals surface area (Å²) in [4.78, 5) is 26.5. The molecule has 430 valence electrons. The average molecular weight is 1050 g/mol. The second-order valence-electron chi connectivity index (χ2n) is 20.4. The normalized spacial score (nSPS) is 19.9.